The fraction of sp³-hybridized carbons (Fsp3) is 1.00. The van der Waals surface area contributed by atoms with Crippen LogP contribution in [0, 0.1) is 34.5 Å². The zero-order valence-electron chi connectivity index (χ0n) is 18.0. The molecule has 0 aromatic heterocycles. The highest BCUT2D eigenvalue weighted by molar-refractivity contribution is 4.87. The second-order valence-corrected chi connectivity index (χ2v) is 10.5. The van der Waals surface area contributed by atoms with Crippen molar-refractivity contribution >= 4 is 0 Å². The van der Waals surface area contributed by atoms with E-state index in [1.54, 1.807) is 0 Å². The van der Waals surface area contributed by atoms with E-state index in [0.717, 1.165) is 36.9 Å². The van der Waals surface area contributed by atoms with E-state index in [0.29, 0.717) is 10.8 Å². The summed E-state index contributed by atoms with van der Waals surface area (Å²) in [6.45, 7) is 19.4. The highest BCUT2D eigenvalue weighted by atomic mass is 16.5. The third kappa shape index (κ3) is 5.96. The summed E-state index contributed by atoms with van der Waals surface area (Å²) in [5, 5.41) is 3.61. The Morgan fingerprint density at radius 1 is 0.840 bits per heavy atom. The molecule has 148 valence electrons. The first kappa shape index (κ1) is 21.2. The second-order valence-electron chi connectivity index (χ2n) is 10.5. The highest BCUT2D eigenvalue weighted by Gasteiger charge is 2.36. The van der Waals surface area contributed by atoms with Gasteiger partial charge in [0.1, 0.15) is 0 Å². The van der Waals surface area contributed by atoms with E-state index in [4.69, 9.17) is 4.74 Å². The van der Waals surface area contributed by atoms with Gasteiger partial charge in [-0.05, 0) is 79.7 Å². The fourth-order valence-electron chi connectivity index (χ4n) is 5.93. The predicted octanol–water partition coefficient (Wildman–Crippen LogP) is 5.91. The van der Waals surface area contributed by atoms with Gasteiger partial charge in [-0.25, -0.2) is 0 Å². The van der Waals surface area contributed by atoms with Crippen molar-refractivity contribution in [3.8, 4) is 0 Å². The molecule has 2 saturated heterocycles. The average Bonchev–Trinajstić information content (AvgIpc) is 2.69. The minimum Gasteiger partial charge on any atom is -0.381 e. The van der Waals surface area contributed by atoms with Crippen molar-refractivity contribution in [3.05, 3.63) is 0 Å². The molecule has 25 heavy (non-hydrogen) atoms. The summed E-state index contributed by atoms with van der Waals surface area (Å²) in [5.74, 6) is 3.32. The predicted molar refractivity (Wildman–Crippen MR) is 109 cm³/mol. The van der Waals surface area contributed by atoms with Crippen LogP contribution >= 0.6 is 0 Å². The van der Waals surface area contributed by atoms with Gasteiger partial charge >= 0.3 is 0 Å². The lowest BCUT2D eigenvalue weighted by Gasteiger charge is -2.41. The minimum atomic E-state index is 0.470. The molecule has 0 aliphatic carbocycles. The van der Waals surface area contributed by atoms with Gasteiger partial charge in [0, 0.05) is 13.2 Å². The van der Waals surface area contributed by atoms with E-state index in [9.17, 15) is 0 Å². The molecule has 0 radical (unpaired) electrons. The van der Waals surface area contributed by atoms with Gasteiger partial charge < -0.3 is 10.1 Å². The first-order valence-electron chi connectivity index (χ1n) is 11.0. The van der Waals surface area contributed by atoms with Crippen LogP contribution < -0.4 is 5.32 Å². The number of rotatable bonds is 5. The SMILES string of the molecule is CC(CCC(C)C1CCNCCC1(C)C)C1CCOCCCC1(C)C. The summed E-state index contributed by atoms with van der Waals surface area (Å²) >= 11 is 0. The Labute approximate surface area is 157 Å². The van der Waals surface area contributed by atoms with Crippen LogP contribution in [-0.4, -0.2) is 26.3 Å². The van der Waals surface area contributed by atoms with Crippen LogP contribution in [0.1, 0.15) is 86.5 Å². The van der Waals surface area contributed by atoms with E-state index < -0.39 is 0 Å². The molecular weight excluding hydrogens is 306 g/mol. The molecule has 2 rings (SSSR count). The lowest BCUT2D eigenvalue weighted by molar-refractivity contribution is 0.0238. The topological polar surface area (TPSA) is 21.3 Å². The first-order valence-corrected chi connectivity index (χ1v) is 11.0. The van der Waals surface area contributed by atoms with E-state index in [-0.39, 0.29) is 0 Å². The number of hydrogen-bond donors (Lipinski definition) is 1. The summed E-state index contributed by atoms with van der Waals surface area (Å²) < 4.78 is 5.80. The first-order chi connectivity index (χ1) is 11.7. The molecule has 2 nitrogen and oxygen atoms in total. The number of nitrogens with one attached hydrogen (secondary N) is 1. The van der Waals surface area contributed by atoms with Crippen LogP contribution in [0.2, 0.25) is 0 Å². The third-order valence-electron chi connectivity index (χ3n) is 7.72. The van der Waals surface area contributed by atoms with Crippen LogP contribution in [0.4, 0.5) is 0 Å². The van der Waals surface area contributed by atoms with Crippen LogP contribution in [0.15, 0.2) is 0 Å². The molecular formula is C23H45NO. The second kappa shape index (κ2) is 9.22. The maximum absolute atomic E-state index is 5.80. The molecule has 1 N–H and O–H groups in total. The molecule has 2 fully saturated rings. The molecule has 0 bridgehead atoms. The summed E-state index contributed by atoms with van der Waals surface area (Å²) in [6.07, 6.45) is 9.25. The molecule has 0 saturated carbocycles. The van der Waals surface area contributed by atoms with Crippen molar-refractivity contribution in [2.45, 2.75) is 86.5 Å². The maximum Gasteiger partial charge on any atom is 0.0468 e. The van der Waals surface area contributed by atoms with Crippen molar-refractivity contribution in [2.75, 3.05) is 26.3 Å². The monoisotopic (exact) mass is 351 g/mol. The van der Waals surface area contributed by atoms with Gasteiger partial charge in [-0.1, -0.05) is 54.4 Å². The lowest BCUT2D eigenvalue weighted by atomic mass is 9.65. The molecule has 2 aliphatic rings. The lowest BCUT2D eigenvalue weighted by Crippen LogP contribution is -2.34. The normalized spacial score (nSPS) is 32.9. The molecule has 0 aromatic carbocycles. The number of ether oxygens (including phenoxy) is 1. The zero-order valence-corrected chi connectivity index (χ0v) is 18.0. The largest absolute Gasteiger partial charge is 0.381 e. The Hall–Kier alpha value is -0.0800. The average molecular weight is 352 g/mol. The minimum absolute atomic E-state index is 0.470. The number of hydrogen-bond acceptors (Lipinski definition) is 2. The molecule has 0 amide bonds. The van der Waals surface area contributed by atoms with Crippen molar-refractivity contribution in [3.63, 3.8) is 0 Å². The van der Waals surface area contributed by atoms with Gasteiger partial charge in [-0.3, -0.25) is 0 Å². The van der Waals surface area contributed by atoms with Gasteiger partial charge in [0.05, 0.1) is 0 Å². The van der Waals surface area contributed by atoms with E-state index in [1.807, 2.05) is 0 Å². The summed E-state index contributed by atoms with van der Waals surface area (Å²) in [6, 6.07) is 0. The van der Waals surface area contributed by atoms with E-state index in [2.05, 4.69) is 46.9 Å². The van der Waals surface area contributed by atoms with Crippen molar-refractivity contribution in [2.24, 2.45) is 34.5 Å². The molecule has 4 atom stereocenters. The summed E-state index contributed by atoms with van der Waals surface area (Å²) in [7, 11) is 0. The summed E-state index contributed by atoms with van der Waals surface area (Å²) in [4.78, 5) is 0. The van der Waals surface area contributed by atoms with E-state index >= 15 is 0 Å². The zero-order chi connectivity index (χ0) is 18.5. The maximum atomic E-state index is 5.80. The Morgan fingerprint density at radius 3 is 2.12 bits per heavy atom. The Morgan fingerprint density at radius 2 is 1.44 bits per heavy atom. The standard InChI is InChI=1S/C23H45NO/c1-18(20-10-14-24-15-13-23(20,5)6)8-9-19(2)21-11-17-25-16-7-12-22(21,3)4/h18-21,24H,7-17H2,1-6H3. The van der Waals surface area contributed by atoms with Crippen LogP contribution in [0.3, 0.4) is 0 Å². The van der Waals surface area contributed by atoms with Crippen molar-refractivity contribution < 1.29 is 4.74 Å². The fourth-order valence-corrected chi connectivity index (χ4v) is 5.93. The molecule has 0 aromatic rings. The molecule has 0 spiro atoms. The van der Waals surface area contributed by atoms with Gasteiger partial charge in [-0.2, -0.15) is 0 Å². The molecule has 2 heteroatoms. The quantitative estimate of drug-likeness (QED) is 0.665. The van der Waals surface area contributed by atoms with E-state index in [1.165, 1.54) is 58.0 Å². The van der Waals surface area contributed by atoms with Crippen LogP contribution in [-0.2, 0) is 4.74 Å². The smallest absolute Gasteiger partial charge is 0.0468 e. The molecule has 2 aliphatic heterocycles. The highest BCUT2D eigenvalue weighted by Crippen LogP contribution is 2.44. The van der Waals surface area contributed by atoms with Gasteiger partial charge in [-0.15, -0.1) is 0 Å². The third-order valence-corrected chi connectivity index (χ3v) is 7.72. The van der Waals surface area contributed by atoms with Crippen molar-refractivity contribution in [1.82, 2.24) is 5.32 Å². The Bertz CT molecular complexity index is 390. The molecule has 4 unspecified atom stereocenters. The van der Waals surface area contributed by atoms with Gasteiger partial charge in [0.25, 0.3) is 0 Å². The van der Waals surface area contributed by atoms with Crippen LogP contribution in [0.25, 0.3) is 0 Å². The Balaban J connectivity index is 1.91. The van der Waals surface area contributed by atoms with Crippen molar-refractivity contribution in [1.29, 1.82) is 0 Å². The summed E-state index contributed by atoms with van der Waals surface area (Å²) in [5.41, 5.74) is 0.956. The molecule has 2 heterocycles. The Kier molecular flexibility index (Phi) is 7.83. The van der Waals surface area contributed by atoms with Gasteiger partial charge in [0.2, 0.25) is 0 Å². The van der Waals surface area contributed by atoms with Crippen LogP contribution in [0.5, 0.6) is 0 Å². The van der Waals surface area contributed by atoms with Gasteiger partial charge in [0.15, 0.2) is 0 Å².